The third-order valence-corrected chi connectivity index (χ3v) is 13.2. The van der Waals surface area contributed by atoms with Gasteiger partial charge in [0.2, 0.25) is 0 Å². The fraction of sp³-hybridized carbons (Fsp3) is 0.0690. The van der Waals surface area contributed by atoms with Gasteiger partial charge < -0.3 is 0 Å². The van der Waals surface area contributed by atoms with Crippen LogP contribution in [0, 0.1) is 0 Å². The molecule has 0 aliphatic heterocycles. The molecule has 12 rings (SSSR count). The number of rotatable bonds is 7. The maximum absolute atomic E-state index is 5.11. The highest BCUT2D eigenvalue weighted by molar-refractivity contribution is 6.09. The first-order chi connectivity index (χ1) is 30.6. The molecule has 294 valence electrons. The van der Waals surface area contributed by atoms with Crippen molar-refractivity contribution in [1.82, 2.24) is 14.1 Å². The zero-order chi connectivity index (χ0) is 41.4. The smallest absolute Gasteiger partial charge is 0.255 e. The van der Waals surface area contributed by atoms with Gasteiger partial charge in [-0.3, -0.25) is 4.57 Å². The van der Waals surface area contributed by atoms with E-state index in [0.717, 1.165) is 39.3 Å². The van der Waals surface area contributed by atoms with Crippen LogP contribution in [-0.2, 0) is 5.41 Å². The maximum Gasteiger partial charge on any atom is 0.255 e. The first kappa shape index (κ1) is 36.1. The topological polar surface area (TPSA) is 26.6 Å². The number of nitrogens with zero attached hydrogens (tertiary/aromatic N) is 4. The van der Waals surface area contributed by atoms with Crippen LogP contribution < -0.4 is 4.57 Å². The van der Waals surface area contributed by atoms with Gasteiger partial charge in [-0.05, 0) is 117 Å². The largest absolute Gasteiger partial charge is 0.294 e. The van der Waals surface area contributed by atoms with Gasteiger partial charge in [0.15, 0.2) is 11.0 Å². The second-order valence-corrected chi connectivity index (χ2v) is 16.8. The Labute approximate surface area is 361 Å². The Morgan fingerprint density at radius 2 is 1.15 bits per heavy atom. The van der Waals surface area contributed by atoms with Gasteiger partial charge in [0.25, 0.3) is 6.33 Å². The number of benzene rings is 8. The summed E-state index contributed by atoms with van der Waals surface area (Å²) in [6.45, 7) is 4.53. The Morgan fingerprint density at radius 3 is 1.94 bits per heavy atom. The summed E-state index contributed by atoms with van der Waals surface area (Å²) in [4.78, 5) is 5.11. The number of imidazole rings is 1. The molecule has 3 aromatic heterocycles. The molecule has 11 aromatic rings. The van der Waals surface area contributed by atoms with E-state index in [4.69, 9.17) is 4.98 Å². The molecule has 0 saturated carbocycles. The number of para-hydroxylation sites is 4. The highest BCUT2D eigenvalue weighted by Crippen LogP contribution is 2.56. The summed E-state index contributed by atoms with van der Waals surface area (Å²) in [6.07, 6.45) is 4.20. The summed E-state index contributed by atoms with van der Waals surface area (Å²) in [6, 6.07) is 75.6. The molecular formula is C58H43N4+. The van der Waals surface area contributed by atoms with Gasteiger partial charge in [-0.1, -0.05) is 159 Å². The number of hydrogen-bond donors (Lipinski definition) is 0. The van der Waals surface area contributed by atoms with Crippen molar-refractivity contribution in [2.24, 2.45) is 0 Å². The van der Waals surface area contributed by atoms with E-state index >= 15 is 0 Å². The number of pyridine rings is 1. The lowest BCUT2D eigenvalue weighted by Gasteiger charge is -2.34. The van der Waals surface area contributed by atoms with E-state index in [9.17, 15) is 0 Å². The summed E-state index contributed by atoms with van der Waals surface area (Å²) in [5, 5.41) is 2.41. The first-order valence-electron chi connectivity index (χ1n) is 21.6. The quantitative estimate of drug-likeness (QED) is 0.148. The zero-order valence-electron chi connectivity index (χ0n) is 34.7. The van der Waals surface area contributed by atoms with Crippen LogP contribution in [0.1, 0.15) is 47.6 Å². The van der Waals surface area contributed by atoms with Crippen LogP contribution in [0.3, 0.4) is 0 Å². The summed E-state index contributed by atoms with van der Waals surface area (Å²) in [5.41, 5.74) is 17.4. The van der Waals surface area contributed by atoms with E-state index in [0.29, 0.717) is 5.92 Å². The normalized spacial score (nSPS) is 13.0. The maximum atomic E-state index is 5.11. The Hall–Kier alpha value is -7.82. The van der Waals surface area contributed by atoms with E-state index < -0.39 is 5.41 Å². The van der Waals surface area contributed by atoms with Gasteiger partial charge in [-0.15, -0.1) is 0 Å². The van der Waals surface area contributed by atoms with Crippen molar-refractivity contribution in [3.8, 4) is 39.4 Å². The van der Waals surface area contributed by atoms with E-state index in [-0.39, 0.29) is 0 Å². The molecule has 1 aliphatic carbocycles. The van der Waals surface area contributed by atoms with Crippen LogP contribution in [0.5, 0.6) is 0 Å². The summed E-state index contributed by atoms with van der Waals surface area (Å²) >= 11 is 0. The van der Waals surface area contributed by atoms with Crippen molar-refractivity contribution in [2.75, 3.05) is 0 Å². The molecule has 4 nitrogen and oxygen atoms in total. The Balaban J connectivity index is 1.12. The van der Waals surface area contributed by atoms with E-state index in [1.807, 2.05) is 6.20 Å². The highest BCUT2D eigenvalue weighted by Gasteiger charge is 2.46. The van der Waals surface area contributed by atoms with E-state index in [1.54, 1.807) is 0 Å². The second-order valence-electron chi connectivity index (χ2n) is 16.8. The molecule has 0 N–H and O–H groups in total. The molecule has 0 atom stereocenters. The zero-order valence-corrected chi connectivity index (χ0v) is 34.7. The lowest BCUT2D eigenvalue weighted by atomic mass is 9.67. The van der Waals surface area contributed by atoms with Gasteiger partial charge in [-0.25, -0.2) is 4.98 Å². The standard InChI is InChI=1S/C58H43N4/c1-39(2)45-21-6-7-22-46(45)40-33-34-59-57(35-40)62-53-28-13-10-25-49(53)50-32-31-42(37-56(50)62)58(51-26-11-8-23-47(51)48-24-9-12-27-52(48)58)41-17-16-20-44(36-41)61-38-60(43-18-4-3-5-19-43)54-29-14-15-30-55(54)61/h3-39H,1-2H3/q+1. The summed E-state index contributed by atoms with van der Waals surface area (Å²) < 4.78 is 7.00. The summed E-state index contributed by atoms with van der Waals surface area (Å²) in [5.74, 6) is 1.30. The molecule has 1 aliphatic rings. The molecule has 8 aromatic carbocycles. The molecule has 4 heteroatoms. The molecule has 0 radical (unpaired) electrons. The van der Waals surface area contributed by atoms with Crippen molar-refractivity contribution in [3.05, 3.63) is 247 Å². The molecule has 0 bridgehead atoms. The van der Waals surface area contributed by atoms with Gasteiger partial charge in [-0.2, -0.15) is 9.13 Å². The van der Waals surface area contributed by atoms with Crippen LogP contribution in [-0.4, -0.2) is 14.1 Å². The minimum Gasteiger partial charge on any atom is -0.294 e. The molecule has 3 heterocycles. The number of aromatic nitrogens is 4. The molecule has 0 spiro atoms. The van der Waals surface area contributed by atoms with Crippen LogP contribution in [0.4, 0.5) is 0 Å². The fourth-order valence-corrected chi connectivity index (χ4v) is 10.4. The third kappa shape index (κ3) is 5.33. The minimum absolute atomic E-state index is 0.395. The van der Waals surface area contributed by atoms with Crippen molar-refractivity contribution >= 4 is 32.8 Å². The van der Waals surface area contributed by atoms with Gasteiger partial charge >= 0.3 is 0 Å². The van der Waals surface area contributed by atoms with Gasteiger partial charge in [0.1, 0.15) is 17.2 Å². The predicted octanol–water partition coefficient (Wildman–Crippen LogP) is 13.6. The average molecular weight is 796 g/mol. The molecular weight excluding hydrogens is 753 g/mol. The Kier molecular flexibility index (Phi) is 8.23. The monoisotopic (exact) mass is 795 g/mol. The number of fused-ring (bicyclic) bond motifs is 7. The first-order valence-corrected chi connectivity index (χ1v) is 21.6. The SMILES string of the molecule is CC(C)c1ccccc1-c1ccnc(-n2c3ccccc3c3ccc(C4(c5cccc(-n6c[n+](-c7ccccc7)c7ccccc76)c5)c5ccccc5-c5ccccc54)cc32)c1. The van der Waals surface area contributed by atoms with E-state index in [1.165, 1.54) is 60.8 Å². The average Bonchev–Trinajstić information content (AvgIpc) is 3.99. The van der Waals surface area contributed by atoms with Gasteiger partial charge in [0.05, 0.1) is 16.4 Å². The lowest BCUT2D eigenvalue weighted by molar-refractivity contribution is -0.567. The molecule has 0 saturated heterocycles. The van der Waals surface area contributed by atoms with Crippen molar-refractivity contribution in [2.45, 2.75) is 25.2 Å². The molecule has 0 amide bonds. The van der Waals surface area contributed by atoms with Crippen molar-refractivity contribution < 1.29 is 4.57 Å². The van der Waals surface area contributed by atoms with Crippen LogP contribution in [0.25, 0.3) is 72.3 Å². The van der Waals surface area contributed by atoms with Crippen LogP contribution >= 0.6 is 0 Å². The molecule has 0 fully saturated rings. The fourth-order valence-electron chi connectivity index (χ4n) is 10.4. The Bertz CT molecular complexity index is 3470. The van der Waals surface area contributed by atoms with Crippen LogP contribution in [0.2, 0.25) is 0 Å². The van der Waals surface area contributed by atoms with Crippen LogP contribution in [0.15, 0.2) is 219 Å². The third-order valence-electron chi connectivity index (χ3n) is 13.2. The van der Waals surface area contributed by atoms with Crippen molar-refractivity contribution in [1.29, 1.82) is 0 Å². The molecule has 0 unspecified atom stereocenters. The lowest BCUT2D eigenvalue weighted by Crippen LogP contribution is -2.29. The van der Waals surface area contributed by atoms with E-state index in [2.05, 4.69) is 240 Å². The number of hydrogen-bond acceptors (Lipinski definition) is 1. The highest BCUT2D eigenvalue weighted by atomic mass is 15.1. The van der Waals surface area contributed by atoms with Gasteiger partial charge in [0, 0.05) is 17.0 Å². The Morgan fingerprint density at radius 1 is 0.500 bits per heavy atom. The molecule has 62 heavy (non-hydrogen) atoms. The van der Waals surface area contributed by atoms with Crippen molar-refractivity contribution in [3.63, 3.8) is 0 Å². The summed E-state index contributed by atoms with van der Waals surface area (Å²) in [7, 11) is 0. The minimum atomic E-state index is -0.623. The second kappa shape index (κ2) is 14.1. The predicted molar refractivity (Wildman–Crippen MR) is 254 cm³/mol.